The number of benzene rings is 2. The number of hydrogen-bond donors (Lipinski definition) is 2. The van der Waals surface area contributed by atoms with Gasteiger partial charge in [0, 0.05) is 5.69 Å². The summed E-state index contributed by atoms with van der Waals surface area (Å²) < 4.78 is 5.51. The maximum atomic E-state index is 8.92. The van der Waals surface area contributed by atoms with Crippen LogP contribution in [0.25, 0.3) is 0 Å². The quantitative estimate of drug-likeness (QED) is 0.830. The van der Waals surface area contributed by atoms with Gasteiger partial charge in [-0.1, -0.05) is 0 Å². The molecule has 0 aliphatic carbocycles. The summed E-state index contributed by atoms with van der Waals surface area (Å²) in [6, 6.07) is 13.1. The fourth-order valence-corrected chi connectivity index (χ4v) is 1.93. The zero-order valence-electron chi connectivity index (χ0n) is 11.6. The van der Waals surface area contributed by atoms with Gasteiger partial charge < -0.3 is 15.8 Å². The highest BCUT2D eigenvalue weighted by atomic mass is 16.5. The topological polar surface area (TPSA) is 71.1 Å². The van der Waals surface area contributed by atoms with Crippen LogP contribution < -0.4 is 15.8 Å². The largest absolute Gasteiger partial charge is 0.494 e. The third-order valence-corrected chi connectivity index (χ3v) is 2.94. The summed E-state index contributed by atoms with van der Waals surface area (Å²) in [5.74, 6) is 0.872. The van der Waals surface area contributed by atoms with Crippen LogP contribution >= 0.6 is 0 Å². The smallest absolute Gasteiger partial charge is 0.122 e. The van der Waals surface area contributed by atoms with Crippen LogP contribution in [0.2, 0.25) is 0 Å². The Morgan fingerprint density at radius 1 is 1.25 bits per heavy atom. The summed E-state index contributed by atoms with van der Waals surface area (Å²) in [6.45, 7) is 4.59. The first kappa shape index (κ1) is 13.8. The predicted octanol–water partition coefficient (Wildman–Crippen LogP) is 3.59. The Bertz CT molecular complexity index is 659. The van der Waals surface area contributed by atoms with Crippen molar-refractivity contribution in [3.8, 4) is 11.8 Å². The van der Waals surface area contributed by atoms with Crippen molar-refractivity contribution >= 4 is 17.1 Å². The van der Waals surface area contributed by atoms with E-state index in [2.05, 4.69) is 11.4 Å². The Balaban J connectivity index is 2.26. The second-order valence-corrected chi connectivity index (χ2v) is 4.45. The number of nitrogens with two attached hydrogens (primary N) is 1. The molecule has 2 aromatic carbocycles. The molecule has 0 saturated carbocycles. The van der Waals surface area contributed by atoms with Crippen molar-refractivity contribution in [3.63, 3.8) is 0 Å². The molecule has 0 unspecified atom stereocenters. The van der Waals surface area contributed by atoms with Crippen molar-refractivity contribution in [1.82, 2.24) is 0 Å². The van der Waals surface area contributed by atoms with Crippen LogP contribution in [-0.4, -0.2) is 6.61 Å². The SMILES string of the molecule is CCOc1ccc(Nc2cc(C#N)ccc2N)cc1C. The van der Waals surface area contributed by atoms with Gasteiger partial charge in [-0.25, -0.2) is 0 Å². The fraction of sp³-hybridized carbons (Fsp3) is 0.188. The first-order valence-electron chi connectivity index (χ1n) is 6.44. The lowest BCUT2D eigenvalue weighted by atomic mass is 10.1. The van der Waals surface area contributed by atoms with Gasteiger partial charge in [-0.15, -0.1) is 0 Å². The van der Waals surface area contributed by atoms with Gasteiger partial charge >= 0.3 is 0 Å². The molecule has 2 aromatic rings. The normalized spacial score (nSPS) is 9.85. The Hall–Kier alpha value is -2.67. The molecule has 0 fully saturated rings. The number of nitrogen functional groups attached to an aromatic ring is 1. The van der Waals surface area contributed by atoms with E-state index >= 15 is 0 Å². The van der Waals surface area contributed by atoms with Gasteiger partial charge in [0.25, 0.3) is 0 Å². The Labute approximate surface area is 118 Å². The Morgan fingerprint density at radius 3 is 2.70 bits per heavy atom. The van der Waals surface area contributed by atoms with E-state index in [0.29, 0.717) is 17.9 Å². The molecular formula is C16H17N3O. The number of ether oxygens (including phenoxy) is 1. The molecule has 0 aliphatic rings. The number of rotatable bonds is 4. The molecule has 3 N–H and O–H groups in total. The molecule has 20 heavy (non-hydrogen) atoms. The van der Waals surface area contributed by atoms with E-state index in [4.69, 9.17) is 15.7 Å². The Kier molecular flexibility index (Phi) is 4.11. The fourth-order valence-electron chi connectivity index (χ4n) is 1.93. The molecule has 0 heterocycles. The first-order valence-corrected chi connectivity index (χ1v) is 6.44. The van der Waals surface area contributed by atoms with E-state index in [1.165, 1.54) is 0 Å². The molecule has 0 atom stereocenters. The zero-order chi connectivity index (χ0) is 14.5. The van der Waals surface area contributed by atoms with Crippen molar-refractivity contribution in [2.24, 2.45) is 0 Å². The average molecular weight is 267 g/mol. The summed E-state index contributed by atoms with van der Waals surface area (Å²) in [5, 5.41) is 12.1. The molecule has 0 aliphatic heterocycles. The van der Waals surface area contributed by atoms with E-state index in [1.807, 2.05) is 32.0 Å². The van der Waals surface area contributed by atoms with Crippen LogP contribution in [0.5, 0.6) is 5.75 Å². The Morgan fingerprint density at radius 2 is 2.05 bits per heavy atom. The van der Waals surface area contributed by atoms with Crippen molar-refractivity contribution < 1.29 is 4.74 Å². The maximum absolute atomic E-state index is 8.92. The van der Waals surface area contributed by atoms with Gasteiger partial charge in [0.05, 0.1) is 29.6 Å². The number of nitrogens with one attached hydrogen (secondary N) is 1. The van der Waals surface area contributed by atoms with E-state index in [9.17, 15) is 0 Å². The predicted molar refractivity (Wildman–Crippen MR) is 81.2 cm³/mol. The van der Waals surface area contributed by atoms with Crippen LogP contribution in [0, 0.1) is 18.3 Å². The van der Waals surface area contributed by atoms with Gasteiger partial charge in [-0.05, 0) is 55.8 Å². The second-order valence-electron chi connectivity index (χ2n) is 4.45. The first-order chi connectivity index (χ1) is 9.63. The van der Waals surface area contributed by atoms with E-state index in [1.54, 1.807) is 18.2 Å². The maximum Gasteiger partial charge on any atom is 0.122 e. The highest BCUT2D eigenvalue weighted by Crippen LogP contribution is 2.27. The molecular weight excluding hydrogens is 250 g/mol. The van der Waals surface area contributed by atoms with Crippen LogP contribution in [0.1, 0.15) is 18.1 Å². The standard InChI is InChI=1S/C16H17N3O/c1-3-20-16-7-5-13(8-11(16)2)19-15-9-12(10-17)4-6-14(15)18/h4-9,19H,3,18H2,1-2H3. The van der Waals surface area contributed by atoms with Crippen molar-refractivity contribution in [2.75, 3.05) is 17.7 Å². The number of anilines is 3. The second kappa shape index (κ2) is 5.98. The monoisotopic (exact) mass is 267 g/mol. The molecule has 0 amide bonds. The van der Waals surface area contributed by atoms with Crippen LogP contribution in [0.3, 0.4) is 0 Å². The lowest BCUT2D eigenvalue weighted by molar-refractivity contribution is 0.338. The van der Waals surface area contributed by atoms with E-state index in [-0.39, 0.29) is 0 Å². The molecule has 2 rings (SSSR count). The molecule has 102 valence electrons. The van der Waals surface area contributed by atoms with Gasteiger partial charge in [-0.3, -0.25) is 0 Å². The van der Waals surface area contributed by atoms with E-state index in [0.717, 1.165) is 22.7 Å². The van der Waals surface area contributed by atoms with Gasteiger partial charge in [-0.2, -0.15) is 5.26 Å². The number of nitriles is 1. The number of nitrogens with zero attached hydrogens (tertiary/aromatic N) is 1. The highest BCUT2D eigenvalue weighted by Gasteiger charge is 2.04. The minimum absolute atomic E-state index is 0.573. The number of hydrogen-bond acceptors (Lipinski definition) is 4. The average Bonchev–Trinajstić information content (AvgIpc) is 2.44. The molecule has 0 aromatic heterocycles. The molecule has 0 spiro atoms. The zero-order valence-corrected chi connectivity index (χ0v) is 11.6. The molecule has 4 nitrogen and oxygen atoms in total. The lowest BCUT2D eigenvalue weighted by Gasteiger charge is -2.12. The third-order valence-electron chi connectivity index (χ3n) is 2.94. The van der Waals surface area contributed by atoms with Crippen molar-refractivity contribution in [1.29, 1.82) is 5.26 Å². The minimum Gasteiger partial charge on any atom is -0.494 e. The summed E-state index contributed by atoms with van der Waals surface area (Å²) in [7, 11) is 0. The molecule has 0 radical (unpaired) electrons. The number of aryl methyl sites for hydroxylation is 1. The lowest BCUT2D eigenvalue weighted by Crippen LogP contribution is -1.98. The molecule has 4 heteroatoms. The van der Waals surface area contributed by atoms with Gasteiger partial charge in [0.1, 0.15) is 5.75 Å². The van der Waals surface area contributed by atoms with Crippen LogP contribution in [0.4, 0.5) is 17.1 Å². The van der Waals surface area contributed by atoms with Crippen LogP contribution in [-0.2, 0) is 0 Å². The summed E-state index contributed by atoms with van der Waals surface area (Å²) in [4.78, 5) is 0. The minimum atomic E-state index is 0.573. The highest BCUT2D eigenvalue weighted by molar-refractivity contribution is 5.74. The van der Waals surface area contributed by atoms with Crippen molar-refractivity contribution in [2.45, 2.75) is 13.8 Å². The van der Waals surface area contributed by atoms with Gasteiger partial charge in [0.15, 0.2) is 0 Å². The van der Waals surface area contributed by atoms with Crippen LogP contribution in [0.15, 0.2) is 36.4 Å². The third kappa shape index (κ3) is 3.01. The summed E-state index contributed by atoms with van der Waals surface area (Å²) >= 11 is 0. The summed E-state index contributed by atoms with van der Waals surface area (Å²) in [5.41, 5.74) is 9.78. The summed E-state index contributed by atoms with van der Waals surface area (Å²) in [6.07, 6.45) is 0. The van der Waals surface area contributed by atoms with Crippen molar-refractivity contribution in [3.05, 3.63) is 47.5 Å². The molecule has 0 bridgehead atoms. The van der Waals surface area contributed by atoms with E-state index < -0.39 is 0 Å². The molecule has 0 saturated heterocycles. The van der Waals surface area contributed by atoms with Gasteiger partial charge in [0.2, 0.25) is 0 Å².